The third kappa shape index (κ3) is 4.66. The number of carbonyl (C=O) groups excluding carboxylic acids is 1. The molecular weight excluding hydrogens is 414 g/mol. The van der Waals surface area contributed by atoms with Crippen LogP contribution in [0, 0.1) is 5.92 Å². The van der Waals surface area contributed by atoms with Gasteiger partial charge in [-0.1, -0.05) is 18.2 Å². The molecule has 31 heavy (non-hydrogen) atoms. The summed E-state index contributed by atoms with van der Waals surface area (Å²) < 4.78 is 36.2. The predicted molar refractivity (Wildman–Crippen MR) is 118 cm³/mol. The molecule has 7 heteroatoms. The summed E-state index contributed by atoms with van der Waals surface area (Å²) in [7, 11) is -1.96. The first-order chi connectivity index (χ1) is 14.9. The lowest BCUT2D eigenvalue weighted by Crippen LogP contribution is -2.40. The van der Waals surface area contributed by atoms with E-state index >= 15 is 0 Å². The van der Waals surface area contributed by atoms with E-state index in [1.165, 1.54) is 0 Å². The molecule has 0 radical (unpaired) electrons. The summed E-state index contributed by atoms with van der Waals surface area (Å²) in [6.07, 6.45) is 2.17. The van der Waals surface area contributed by atoms with E-state index in [1.807, 2.05) is 31.2 Å². The Hall–Kier alpha value is -3.06. The minimum Gasteiger partial charge on any atom is -0.497 e. The Bertz CT molecular complexity index is 1150. The molecule has 0 bridgehead atoms. The Labute approximate surface area is 182 Å². The minimum atomic E-state index is -3.56. The number of amides is 1. The Morgan fingerprint density at radius 3 is 2.35 bits per heavy atom. The number of rotatable bonds is 8. The van der Waals surface area contributed by atoms with Crippen LogP contribution in [0.4, 0.5) is 5.69 Å². The van der Waals surface area contributed by atoms with Crippen molar-refractivity contribution in [3.05, 3.63) is 78.3 Å². The van der Waals surface area contributed by atoms with Crippen LogP contribution in [0.25, 0.3) is 0 Å². The van der Waals surface area contributed by atoms with Crippen LogP contribution in [0.1, 0.15) is 36.1 Å². The fourth-order valence-corrected chi connectivity index (χ4v) is 4.93. The molecule has 4 rings (SSSR count). The molecule has 2 aromatic carbocycles. The second kappa shape index (κ2) is 8.59. The summed E-state index contributed by atoms with van der Waals surface area (Å²) in [6.45, 7) is 2.03. The molecule has 1 aromatic heterocycles. The van der Waals surface area contributed by atoms with Gasteiger partial charge in [0.25, 0.3) is 5.91 Å². The van der Waals surface area contributed by atoms with Crippen LogP contribution >= 0.6 is 0 Å². The van der Waals surface area contributed by atoms with Crippen LogP contribution in [-0.4, -0.2) is 27.5 Å². The number of hydrogen-bond acceptors (Lipinski definition) is 5. The highest BCUT2D eigenvalue weighted by Crippen LogP contribution is 2.38. The van der Waals surface area contributed by atoms with Gasteiger partial charge in [0.1, 0.15) is 17.3 Å². The number of nitrogens with zero attached hydrogens (tertiary/aromatic N) is 1. The van der Waals surface area contributed by atoms with Gasteiger partial charge in [0, 0.05) is 11.7 Å². The molecule has 1 aliphatic rings. The summed E-state index contributed by atoms with van der Waals surface area (Å²) in [5, 5.41) is 0. The van der Waals surface area contributed by atoms with Gasteiger partial charge in [-0.3, -0.25) is 4.79 Å². The van der Waals surface area contributed by atoms with Crippen molar-refractivity contribution in [3.8, 4) is 5.75 Å². The summed E-state index contributed by atoms with van der Waals surface area (Å²) in [5.74, 6) is 0.932. The van der Waals surface area contributed by atoms with Gasteiger partial charge in [0.2, 0.25) is 0 Å². The van der Waals surface area contributed by atoms with E-state index in [1.54, 1.807) is 54.5 Å². The van der Waals surface area contributed by atoms with Crippen LogP contribution in [-0.2, 0) is 15.6 Å². The van der Waals surface area contributed by atoms with Crippen molar-refractivity contribution < 1.29 is 22.4 Å². The largest absolute Gasteiger partial charge is 0.497 e. The average Bonchev–Trinajstić information content (AvgIpc) is 3.54. The second-order valence-corrected chi connectivity index (χ2v) is 9.78. The van der Waals surface area contributed by atoms with E-state index in [0.717, 1.165) is 18.5 Å². The third-order valence-corrected chi connectivity index (χ3v) is 7.24. The highest BCUT2D eigenvalue weighted by Gasteiger charge is 2.36. The van der Waals surface area contributed by atoms with Gasteiger partial charge in [-0.25, -0.2) is 8.42 Å². The fourth-order valence-electron chi connectivity index (χ4n) is 3.66. The van der Waals surface area contributed by atoms with Crippen molar-refractivity contribution in [2.75, 3.05) is 12.0 Å². The molecule has 3 aromatic rings. The lowest BCUT2D eigenvalue weighted by molar-refractivity contribution is 0.0947. The molecule has 1 amide bonds. The lowest BCUT2D eigenvalue weighted by Gasteiger charge is -2.29. The Kier molecular flexibility index (Phi) is 5.87. The molecule has 1 heterocycles. The van der Waals surface area contributed by atoms with Crippen molar-refractivity contribution in [1.29, 1.82) is 0 Å². The molecular formula is C24H25NO5S. The number of furan rings is 1. The summed E-state index contributed by atoms with van der Waals surface area (Å²) in [6, 6.07) is 18.6. The zero-order valence-corrected chi connectivity index (χ0v) is 18.3. The topological polar surface area (TPSA) is 76.8 Å². The molecule has 1 saturated carbocycles. The maximum absolute atomic E-state index is 13.4. The molecule has 0 saturated heterocycles. The smallest absolute Gasteiger partial charge is 0.294 e. The third-order valence-electron chi connectivity index (χ3n) is 5.59. The Morgan fingerprint density at radius 1 is 1.06 bits per heavy atom. The van der Waals surface area contributed by atoms with Crippen molar-refractivity contribution in [2.45, 2.75) is 36.5 Å². The van der Waals surface area contributed by atoms with E-state index in [4.69, 9.17) is 9.15 Å². The minimum absolute atomic E-state index is 0.00231. The average molecular weight is 440 g/mol. The number of benzene rings is 2. The van der Waals surface area contributed by atoms with Gasteiger partial charge in [0.05, 0.1) is 12.0 Å². The molecule has 1 aliphatic carbocycles. The van der Waals surface area contributed by atoms with Gasteiger partial charge in [-0.05, 0) is 74.2 Å². The number of hydrogen-bond donors (Lipinski definition) is 0. The number of carbonyl (C=O) groups is 1. The monoisotopic (exact) mass is 439 g/mol. The van der Waals surface area contributed by atoms with Crippen molar-refractivity contribution in [2.24, 2.45) is 5.92 Å². The van der Waals surface area contributed by atoms with E-state index in [0.29, 0.717) is 11.7 Å². The maximum atomic E-state index is 13.4. The first-order valence-electron chi connectivity index (χ1n) is 10.2. The molecule has 162 valence electrons. The number of methoxy groups -OCH3 is 1. The predicted octanol–water partition coefficient (Wildman–Crippen LogP) is 4.71. The quantitative estimate of drug-likeness (QED) is 0.508. The van der Waals surface area contributed by atoms with Crippen LogP contribution in [0.15, 0.2) is 76.0 Å². The fraction of sp³-hybridized carbons (Fsp3) is 0.292. The number of sulfone groups is 1. The molecule has 0 N–H and O–H groups in total. The van der Waals surface area contributed by atoms with Crippen LogP contribution in [0.2, 0.25) is 0 Å². The van der Waals surface area contributed by atoms with Gasteiger partial charge in [-0.2, -0.15) is 0 Å². The van der Waals surface area contributed by atoms with Gasteiger partial charge in [0.15, 0.2) is 15.6 Å². The first kappa shape index (κ1) is 21.2. The summed E-state index contributed by atoms with van der Waals surface area (Å²) in [5.41, 5.74) is 0.750. The normalized spacial score (nSPS) is 14.8. The first-order valence-corrected chi connectivity index (χ1v) is 11.9. The number of ether oxygens (including phenoxy) is 1. The van der Waals surface area contributed by atoms with Crippen molar-refractivity contribution in [3.63, 3.8) is 0 Å². The van der Waals surface area contributed by atoms with E-state index in [2.05, 4.69) is 0 Å². The molecule has 6 nitrogen and oxygen atoms in total. The van der Waals surface area contributed by atoms with Gasteiger partial charge >= 0.3 is 0 Å². The zero-order chi connectivity index (χ0) is 22.0. The molecule has 1 atom stereocenters. The van der Waals surface area contributed by atoms with Crippen LogP contribution in [0.5, 0.6) is 5.75 Å². The highest BCUT2D eigenvalue weighted by atomic mass is 32.2. The van der Waals surface area contributed by atoms with E-state index in [-0.39, 0.29) is 34.1 Å². The van der Waals surface area contributed by atoms with Gasteiger partial charge < -0.3 is 14.1 Å². The van der Waals surface area contributed by atoms with Crippen LogP contribution < -0.4 is 9.64 Å². The van der Waals surface area contributed by atoms with E-state index < -0.39 is 9.84 Å². The molecule has 0 aliphatic heterocycles. The SMILES string of the molecule is COc1ccc(N(C(=O)c2ccc(CS(=O)(=O)c3ccccc3)o2)C(C)C2CC2)cc1. The Balaban J connectivity index is 1.58. The van der Waals surface area contributed by atoms with Gasteiger partial charge in [-0.15, -0.1) is 0 Å². The lowest BCUT2D eigenvalue weighted by atomic mass is 10.1. The zero-order valence-electron chi connectivity index (χ0n) is 17.5. The molecule has 0 spiro atoms. The summed E-state index contributed by atoms with van der Waals surface area (Å²) in [4.78, 5) is 15.3. The van der Waals surface area contributed by atoms with Crippen molar-refractivity contribution in [1.82, 2.24) is 0 Å². The number of anilines is 1. The Morgan fingerprint density at radius 2 is 1.74 bits per heavy atom. The van der Waals surface area contributed by atoms with Crippen LogP contribution in [0.3, 0.4) is 0 Å². The second-order valence-electron chi connectivity index (χ2n) is 7.79. The highest BCUT2D eigenvalue weighted by molar-refractivity contribution is 7.90. The van der Waals surface area contributed by atoms with E-state index in [9.17, 15) is 13.2 Å². The molecule has 1 unspecified atom stereocenters. The van der Waals surface area contributed by atoms with Crippen molar-refractivity contribution >= 4 is 21.4 Å². The maximum Gasteiger partial charge on any atom is 0.294 e. The standard InChI is InChI=1S/C24H25NO5S/c1-17(18-8-9-18)25(19-10-12-20(29-2)13-11-19)24(26)23-15-14-21(30-23)16-31(27,28)22-6-4-3-5-7-22/h3-7,10-15,17-18H,8-9,16H2,1-2H3. The molecule has 1 fully saturated rings. The summed E-state index contributed by atoms with van der Waals surface area (Å²) >= 11 is 0.